The number of hydrogen-bond donors (Lipinski definition) is 1. The Morgan fingerprint density at radius 1 is 1.32 bits per heavy atom. The lowest BCUT2D eigenvalue weighted by Crippen LogP contribution is -2.12. The summed E-state index contributed by atoms with van der Waals surface area (Å²) in [7, 11) is 1.52. The van der Waals surface area contributed by atoms with Gasteiger partial charge in [-0.15, -0.1) is 0 Å². The largest absolute Gasteiger partial charge is 0.507 e. The summed E-state index contributed by atoms with van der Waals surface area (Å²) < 4.78 is 5.04. The molecule has 0 bridgehead atoms. The minimum atomic E-state index is -0.563. The van der Waals surface area contributed by atoms with Crippen molar-refractivity contribution >= 4 is 5.78 Å². The maximum absolute atomic E-state index is 11.9. The van der Waals surface area contributed by atoms with E-state index in [1.807, 2.05) is 6.07 Å². The molecule has 1 aromatic heterocycles. The molecule has 0 aliphatic rings. The molecule has 1 atom stereocenters. The number of pyridine rings is 1. The van der Waals surface area contributed by atoms with E-state index >= 15 is 0 Å². The number of aromatic hydroxyl groups is 1. The number of nitrogens with zero attached hydrogens (tertiary/aromatic N) is 1. The van der Waals surface area contributed by atoms with Crippen LogP contribution >= 0.6 is 0 Å². The molecule has 2 aromatic rings. The molecule has 2 rings (SSSR count). The van der Waals surface area contributed by atoms with Gasteiger partial charge >= 0.3 is 0 Å². The number of ether oxygens (including phenoxy) is 1. The predicted octanol–water partition coefficient (Wildman–Crippen LogP) is 2.52. The number of rotatable bonds is 4. The van der Waals surface area contributed by atoms with E-state index in [1.54, 1.807) is 30.5 Å². The molecule has 0 saturated carbocycles. The van der Waals surface area contributed by atoms with Gasteiger partial charge in [0.2, 0.25) is 0 Å². The number of phenolic OH excluding ortho intramolecular Hbond substituents is 1. The summed E-state index contributed by atoms with van der Waals surface area (Å²) in [5.74, 6) is -0.0546. The van der Waals surface area contributed by atoms with Crippen molar-refractivity contribution in [1.82, 2.24) is 4.98 Å². The molecule has 1 N–H and O–H groups in total. The Balaban J connectivity index is 2.49. The van der Waals surface area contributed by atoms with Crippen molar-refractivity contribution in [2.24, 2.45) is 0 Å². The summed E-state index contributed by atoms with van der Waals surface area (Å²) >= 11 is 0. The highest BCUT2D eigenvalue weighted by Gasteiger charge is 2.23. The number of aromatic nitrogens is 1. The third kappa shape index (κ3) is 2.73. The third-order valence-corrected chi connectivity index (χ3v) is 2.94. The molecule has 0 saturated heterocycles. The molecule has 0 spiro atoms. The number of Topliss-reactive ketones (excluding diaryl/α,β-unsaturated/α-hetero) is 1. The normalized spacial score (nSPS) is 11.9. The third-order valence-electron chi connectivity index (χ3n) is 2.94. The predicted molar refractivity (Wildman–Crippen MR) is 71.4 cm³/mol. The van der Waals surface area contributed by atoms with Crippen LogP contribution < -0.4 is 4.74 Å². The first-order valence-electron chi connectivity index (χ1n) is 5.91. The Morgan fingerprint density at radius 2 is 2.11 bits per heavy atom. The number of benzene rings is 1. The van der Waals surface area contributed by atoms with E-state index in [0.29, 0.717) is 17.0 Å². The fourth-order valence-electron chi connectivity index (χ4n) is 2.03. The maximum atomic E-state index is 11.9. The van der Waals surface area contributed by atoms with E-state index in [-0.39, 0.29) is 11.5 Å². The summed E-state index contributed by atoms with van der Waals surface area (Å²) in [4.78, 5) is 16.1. The van der Waals surface area contributed by atoms with E-state index in [2.05, 4.69) is 4.98 Å². The summed E-state index contributed by atoms with van der Waals surface area (Å²) in [5, 5.41) is 10.0. The molecule has 0 amide bonds. The lowest BCUT2D eigenvalue weighted by Gasteiger charge is -2.15. The minimum Gasteiger partial charge on any atom is -0.507 e. The second-order valence-electron chi connectivity index (χ2n) is 4.22. The van der Waals surface area contributed by atoms with Crippen molar-refractivity contribution in [3.8, 4) is 11.5 Å². The first kappa shape index (κ1) is 13.1. The van der Waals surface area contributed by atoms with Crippen LogP contribution in [-0.4, -0.2) is 23.0 Å². The number of ketones is 1. The Kier molecular flexibility index (Phi) is 3.80. The van der Waals surface area contributed by atoms with Gasteiger partial charge in [0.05, 0.1) is 18.7 Å². The molecule has 0 radical (unpaired) electrons. The number of carbonyl (C=O) groups excluding carboxylic acids is 1. The topological polar surface area (TPSA) is 59.4 Å². The highest BCUT2D eigenvalue weighted by Crippen LogP contribution is 2.33. The van der Waals surface area contributed by atoms with E-state index in [9.17, 15) is 9.90 Å². The zero-order valence-electron chi connectivity index (χ0n) is 10.8. The Morgan fingerprint density at radius 3 is 2.63 bits per heavy atom. The molecule has 1 heterocycles. The molecule has 1 unspecified atom stereocenters. The van der Waals surface area contributed by atoms with Gasteiger partial charge in [0, 0.05) is 17.8 Å². The van der Waals surface area contributed by atoms with Gasteiger partial charge in [-0.2, -0.15) is 0 Å². The van der Waals surface area contributed by atoms with Gasteiger partial charge in [-0.25, -0.2) is 0 Å². The summed E-state index contributed by atoms with van der Waals surface area (Å²) in [6.07, 6.45) is 1.63. The minimum absolute atomic E-state index is 0.0326. The van der Waals surface area contributed by atoms with Gasteiger partial charge in [0.25, 0.3) is 0 Å². The van der Waals surface area contributed by atoms with Crippen LogP contribution in [0.15, 0.2) is 42.6 Å². The summed E-state index contributed by atoms with van der Waals surface area (Å²) in [6.45, 7) is 1.49. The lowest BCUT2D eigenvalue weighted by molar-refractivity contribution is -0.117. The molecule has 19 heavy (non-hydrogen) atoms. The summed E-state index contributed by atoms with van der Waals surface area (Å²) in [6, 6.07) is 10.3. The smallest absolute Gasteiger partial charge is 0.143 e. The van der Waals surface area contributed by atoms with Gasteiger partial charge in [-0.1, -0.05) is 12.1 Å². The van der Waals surface area contributed by atoms with E-state index in [4.69, 9.17) is 4.74 Å². The van der Waals surface area contributed by atoms with Crippen LogP contribution in [0.3, 0.4) is 0 Å². The first-order chi connectivity index (χ1) is 9.13. The molecule has 4 heteroatoms. The molecule has 0 fully saturated rings. The fraction of sp³-hybridized carbons (Fsp3) is 0.200. The molecule has 0 aliphatic carbocycles. The maximum Gasteiger partial charge on any atom is 0.143 e. The van der Waals surface area contributed by atoms with Gasteiger partial charge in [-0.05, 0) is 25.1 Å². The molecular weight excluding hydrogens is 242 g/mol. The highest BCUT2D eigenvalue weighted by molar-refractivity contribution is 5.87. The van der Waals surface area contributed by atoms with Crippen molar-refractivity contribution in [3.05, 3.63) is 53.9 Å². The molecular formula is C15H15NO3. The Labute approximate surface area is 111 Å². The Bertz CT molecular complexity index is 581. The van der Waals surface area contributed by atoms with Crippen molar-refractivity contribution in [2.45, 2.75) is 12.8 Å². The van der Waals surface area contributed by atoms with Crippen LogP contribution in [-0.2, 0) is 4.79 Å². The SMILES string of the molecule is COc1ccc(C(C(C)=O)c2ccccn2)c(O)c1. The van der Waals surface area contributed by atoms with E-state index in [0.717, 1.165) is 0 Å². The van der Waals surface area contributed by atoms with Gasteiger partial charge < -0.3 is 9.84 Å². The molecule has 4 nitrogen and oxygen atoms in total. The molecule has 1 aromatic carbocycles. The summed E-state index contributed by atoms with van der Waals surface area (Å²) in [5.41, 5.74) is 1.16. The van der Waals surface area contributed by atoms with Crippen LogP contribution in [0.5, 0.6) is 11.5 Å². The van der Waals surface area contributed by atoms with Crippen molar-refractivity contribution in [2.75, 3.05) is 7.11 Å². The number of carbonyl (C=O) groups is 1. The highest BCUT2D eigenvalue weighted by atomic mass is 16.5. The van der Waals surface area contributed by atoms with Crippen LogP contribution in [0.25, 0.3) is 0 Å². The quantitative estimate of drug-likeness (QED) is 0.914. The monoisotopic (exact) mass is 257 g/mol. The van der Waals surface area contributed by atoms with Crippen LogP contribution in [0, 0.1) is 0 Å². The van der Waals surface area contributed by atoms with Crippen molar-refractivity contribution < 1.29 is 14.6 Å². The zero-order chi connectivity index (χ0) is 13.8. The standard InChI is InChI=1S/C15H15NO3/c1-10(17)15(13-5-3-4-8-16-13)12-7-6-11(19-2)9-14(12)18/h3-9,15,18H,1-2H3. The van der Waals surface area contributed by atoms with E-state index < -0.39 is 5.92 Å². The van der Waals surface area contributed by atoms with Gasteiger partial charge in [0.15, 0.2) is 0 Å². The lowest BCUT2D eigenvalue weighted by atomic mass is 9.91. The number of methoxy groups -OCH3 is 1. The van der Waals surface area contributed by atoms with Crippen LogP contribution in [0.1, 0.15) is 24.1 Å². The first-order valence-corrected chi connectivity index (χ1v) is 5.91. The van der Waals surface area contributed by atoms with Crippen LogP contribution in [0.2, 0.25) is 0 Å². The average Bonchev–Trinajstić information content (AvgIpc) is 2.41. The fourth-order valence-corrected chi connectivity index (χ4v) is 2.03. The zero-order valence-corrected chi connectivity index (χ0v) is 10.8. The number of phenols is 1. The van der Waals surface area contributed by atoms with Crippen molar-refractivity contribution in [1.29, 1.82) is 0 Å². The van der Waals surface area contributed by atoms with Gasteiger partial charge in [0.1, 0.15) is 17.3 Å². The molecule has 98 valence electrons. The van der Waals surface area contributed by atoms with Crippen LogP contribution in [0.4, 0.5) is 0 Å². The second-order valence-corrected chi connectivity index (χ2v) is 4.22. The van der Waals surface area contributed by atoms with E-state index in [1.165, 1.54) is 20.1 Å². The Hall–Kier alpha value is -2.36. The average molecular weight is 257 g/mol. The van der Waals surface area contributed by atoms with Gasteiger partial charge in [-0.3, -0.25) is 9.78 Å². The molecule has 0 aliphatic heterocycles. The second kappa shape index (κ2) is 5.52. The number of hydrogen-bond acceptors (Lipinski definition) is 4. The van der Waals surface area contributed by atoms with Crippen molar-refractivity contribution in [3.63, 3.8) is 0 Å².